The molecule has 0 radical (unpaired) electrons. The highest BCUT2D eigenvalue weighted by Gasteiger charge is 2.08. The van der Waals surface area contributed by atoms with Crippen LogP contribution < -0.4 is 0 Å². The van der Waals surface area contributed by atoms with E-state index in [0.717, 1.165) is 15.8 Å². The first kappa shape index (κ1) is 14.4. The first-order valence-corrected chi connectivity index (χ1v) is 8.46. The summed E-state index contributed by atoms with van der Waals surface area (Å²) in [5, 5.41) is 8.18. The minimum atomic E-state index is 0.577. The van der Waals surface area contributed by atoms with Crippen molar-refractivity contribution in [3.8, 4) is 11.5 Å². The van der Waals surface area contributed by atoms with Crippen LogP contribution in [0.2, 0.25) is 0 Å². The molecule has 1 heterocycles. The van der Waals surface area contributed by atoms with E-state index in [-0.39, 0.29) is 0 Å². The molecule has 0 unspecified atom stereocenters. The van der Waals surface area contributed by atoms with Crippen molar-refractivity contribution in [2.24, 2.45) is 0 Å². The summed E-state index contributed by atoms with van der Waals surface area (Å²) in [4.78, 5) is 0. The van der Waals surface area contributed by atoms with Gasteiger partial charge < -0.3 is 4.42 Å². The summed E-state index contributed by atoms with van der Waals surface area (Å²) < 4.78 is 6.78. The zero-order valence-electron chi connectivity index (χ0n) is 11.2. The fraction of sp³-hybridized carbons (Fsp3) is 0.125. The monoisotopic (exact) mass is 360 g/mol. The second kappa shape index (κ2) is 6.91. The molecule has 0 saturated heterocycles. The van der Waals surface area contributed by atoms with Gasteiger partial charge in [0.1, 0.15) is 0 Å². The maximum Gasteiger partial charge on any atom is 0.247 e. The molecule has 21 heavy (non-hydrogen) atoms. The normalized spacial score (nSPS) is 10.7. The average Bonchev–Trinajstić information content (AvgIpc) is 2.97. The molecule has 0 saturated carbocycles. The molecule has 0 N–H and O–H groups in total. The molecule has 0 fully saturated rings. The summed E-state index contributed by atoms with van der Waals surface area (Å²) in [6.07, 6.45) is 0. The van der Waals surface area contributed by atoms with E-state index in [1.807, 2.05) is 42.5 Å². The van der Waals surface area contributed by atoms with Gasteiger partial charge in [-0.05, 0) is 29.8 Å². The van der Waals surface area contributed by atoms with Gasteiger partial charge in [0.15, 0.2) is 0 Å². The molecule has 1 aromatic heterocycles. The van der Waals surface area contributed by atoms with Crippen LogP contribution in [0.1, 0.15) is 11.5 Å². The summed E-state index contributed by atoms with van der Waals surface area (Å²) in [5.74, 6) is 2.87. The topological polar surface area (TPSA) is 38.9 Å². The van der Waals surface area contributed by atoms with Crippen molar-refractivity contribution in [2.45, 2.75) is 11.5 Å². The van der Waals surface area contributed by atoms with Crippen molar-refractivity contribution in [3.05, 3.63) is 70.5 Å². The summed E-state index contributed by atoms with van der Waals surface area (Å²) in [7, 11) is 0. The number of aromatic nitrogens is 2. The number of thioether (sulfide) groups is 1. The van der Waals surface area contributed by atoms with Gasteiger partial charge in [0.05, 0.1) is 5.75 Å². The van der Waals surface area contributed by atoms with Gasteiger partial charge in [0.25, 0.3) is 0 Å². The minimum Gasteiger partial charge on any atom is -0.420 e. The van der Waals surface area contributed by atoms with Crippen molar-refractivity contribution < 1.29 is 4.42 Å². The van der Waals surface area contributed by atoms with Crippen LogP contribution in [-0.2, 0) is 11.5 Å². The standard InChI is InChI=1S/C16H13BrN2OS/c17-14-8-4-5-12(9-14)10-21-11-15-18-19-16(20-15)13-6-2-1-3-7-13/h1-9H,10-11H2. The molecule has 5 heteroatoms. The van der Waals surface area contributed by atoms with Gasteiger partial charge in [-0.3, -0.25) is 0 Å². The van der Waals surface area contributed by atoms with Crippen LogP contribution in [0.25, 0.3) is 11.5 Å². The van der Waals surface area contributed by atoms with Crippen LogP contribution in [0.3, 0.4) is 0 Å². The van der Waals surface area contributed by atoms with E-state index in [1.54, 1.807) is 11.8 Å². The Bertz CT molecular complexity index is 715. The second-order valence-electron chi connectivity index (χ2n) is 4.49. The zero-order chi connectivity index (χ0) is 14.5. The maximum atomic E-state index is 5.68. The van der Waals surface area contributed by atoms with Gasteiger partial charge in [-0.25, -0.2) is 0 Å². The first-order valence-electron chi connectivity index (χ1n) is 6.51. The number of benzene rings is 2. The molecule has 0 aliphatic rings. The zero-order valence-corrected chi connectivity index (χ0v) is 13.6. The Balaban J connectivity index is 1.58. The van der Waals surface area contributed by atoms with Crippen LogP contribution >= 0.6 is 27.7 Å². The van der Waals surface area contributed by atoms with Gasteiger partial charge in [-0.15, -0.1) is 22.0 Å². The Morgan fingerprint density at radius 2 is 1.81 bits per heavy atom. The number of rotatable bonds is 5. The number of hydrogen-bond acceptors (Lipinski definition) is 4. The van der Waals surface area contributed by atoms with Crippen molar-refractivity contribution in [2.75, 3.05) is 0 Å². The number of nitrogens with zero attached hydrogens (tertiary/aromatic N) is 2. The van der Waals surface area contributed by atoms with E-state index in [0.29, 0.717) is 17.5 Å². The minimum absolute atomic E-state index is 0.577. The summed E-state index contributed by atoms with van der Waals surface area (Å²) in [6, 6.07) is 18.1. The molecule has 3 aromatic rings. The van der Waals surface area contributed by atoms with E-state index < -0.39 is 0 Å². The van der Waals surface area contributed by atoms with Gasteiger partial charge in [-0.1, -0.05) is 46.3 Å². The van der Waals surface area contributed by atoms with Crippen LogP contribution in [0, 0.1) is 0 Å². The molecule has 2 aromatic carbocycles. The van der Waals surface area contributed by atoms with Crippen LogP contribution in [0.5, 0.6) is 0 Å². The molecular formula is C16H13BrN2OS. The quantitative estimate of drug-likeness (QED) is 0.646. The van der Waals surface area contributed by atoms with Gasteiger partial charge in [-0.2, -0.15) is 0 Å². The molecule has 0 spiro atoms. The highest BCUT2D eigenvalue weighted by atomic mass is 79.9. The average molecular weight is 361 g/mol. The lowest BCUT2D eigenvalue weighted by molar-refractivity contribution is 0.528. The molecule has 106 valence electrons. The lowest BCUT2D eigenvalue weighted by atomic mass is 10.2. The molecular weight excluding hydrogens is 348 g/mol. The van der Waals surface area contributed by atoms with E-state index >= 15 is 0 Å². The van der Waals surface area contributed by atoms with Crippen molar-refractivity contribution in [1.29, 1.82) is 0 Å². The van der Waals surface area contributed by atoms with E-state index in [1.165, 1.54) is 5.56 Å². The summed E-state index contributed by atoms with van der Waals surface area (Å²) in [6.45, 7) is 0. The molecule has 0 amide bonds. The fourth-order valence-corrected chi connectivity index (χ4v) is 3.15. The van der Waals surface area contributed by atoms with Gasteiger partial charge in [0.2, 0.25) is 11.8 Å². The van der Waals surface area contributed by atoms with Gasteiger partial charge >= 0.3 is 0 Å². The Labute approximate surface area is 135 Å². The number of hydrogen-bond donors (Lipinski definition) is 0. The molecule has 0 aliphatic heterocycles. The van der Waals surface area contributed by atoms with E-state index in [4.69, 9.17) is 4.42 Å². The third-order valence-corrected chi connectivity index (χ3v) is 4.35. The highest BCUT2D eigenvalue weighted by Crippen LogP contribution is 2.22. The van der Waals surface area contributed by atoms with Crippen LogP contribution in [0.4, 0.5) is 0 Å². The molecule has 3 rings (SSSR count). The first-order chi connectivity index (χ1) is 10.3. The lowest BCUT2D eigenvalue weighted by Gasteiger charge is -2.00. The Kier molecular flexibility index (Phi) is 4.72. The lowest BCUT2D eigenvalue weighted by Crippen LogP contribution is -1.84. The van der Waals surface area contributed by atoms with Gasteiger partial charge in [0, 0.05) is 15.8 Å². The molecule has 0 aliphatic carbocycles. The van der Waals surface area contributed by atoms with Crippen LogP contribution in [0.15, 0.2) is 63.5 Å². The molecule has 3 nitrogen and oxygen atoms in total. The predicted octanol–water partition coefficient (Wildman–Crippen LogP) is 4.93. The second-order valence-corrected chi connectivity index (χ2v) is 6.39. The van der Waals surface area contributed by atoms with Crippen molar-refractivity contribution in [1.82, 2.24) is 10.2 Å². The van der Waals surface area contributed by atoms with Crippen molar-refractivity contribution >= 4 is 27.7 Å². The predicted molar refractivity (Wildman–Crippen MR) is 88.9 cm³/mol. The maximum absolute atomic E-state index is 5.68. The smallest absolute Gasteiger partial charge is 0.247 e. The van der Waals surface area contributed by atoms with Crippen molar-refractivity contribution in [3.63, 3.8) is 0 Å². The SMILES string of the molecule is Brc1cccc(CSCc2nnc(-c3ccccc3)o2)c1. The van der Waals surface area contributed by atoms with E-state index in [2.05, 4.69) is 38.3 Å². The number of halogens is 1. The fourth-order valence-electron chi connectivity index (χ4n) is 1.89. The Morgan fingerprint density at radius 3 is 2.62 bits per heavy atom. The summed E-state index contributed by atoms with van der Waals surface area (Å²) in [5.41, 5.74) is 2.23. The third-order valence-electron chi connectivity index (χ3n) is 2.87. The Hall–Kier alpha value is -1.59. The Morgan fingerprint density at radius 1 is 0.952 bits per heavy atom. The third kappa shape index (κ3) is 3.95. The van der Waals surface area contributed by atoms with Crippen LogP contribution in [-0.4, -0.2) is 10.2 Å². The van der Waals surface area contributed by atoms with E-state index in [9.17, 15) is 0 Å². The molecule has 0 bridgehead atoms. The molecule has 0 atom stereocenters. The largest absolute Gasteiger partial charge is 0.420 e. The highest BCUT2D eigenvalue weighted by molar-refractivity contribution is 9.10. The summed E-state index contributed by atoms with van der Waals surface area (Å²) >= 11 is 5.24.